The number of hydrogen-bond acceptors (Lipinski definition) is 3. The molecule has 3 nitrogen and oxygen atoms in total. The van der Waals surface area contributed by atoms with Crippen molar-refractivity contribution >= 4 is 30.0 Å². The van der Waals surface area contributed by atoms with Crippen molar-refractivity contribution in [1.82, 2.24) is 10.2 Å². The quantitative estimate of drug-likeness (QED) is 0.835. The number of halogens is 2. The highest BCUT2D eigenvalue weighted by Crippen LogP contribution is 2.31. The first-order chi connectivity index (χ1) is 7.36. The molecular weight excluding hydrogens is 245 g/mol. The fourth-order valence-corrected chi connectivity index (χ4v) is 2.49. The topological polar surface area (TPSA) is 27.6 Å². The molecule has 0 bridgehead atoms. The highest BCUT2D eigenvalue weighted by atomic mass is 35.5. The van der Waals surface area contributed by atoms with Crippen LogP contribution in [0.1, 0.15) is 11.6 Å². The number of fused-ring (bicyclic) bond motifs is 1. The van der Waals surface area contributed by atoms with Crippen LogP contribution in [0.25, 0.3) is 0 Å². The lowest BCUT2D eigenvalue weighted by molar-refractivity contribution is 0.381. The van der Waals surface area contributed by atoms with Gasteiger partial charge >= 0.3 is 0 Å². The Morgan fingerprint density at radius 3 is 3.00 bits per heavy atom. The van der Waals surface area contributed by atoms with Crippen LogP contribution in [-0.2, 0) is 0 Å². The van der Waals surface area contributed by atoms with Gasteiger partial charge in [-0.15, -0.1) is 12.4 Å². The van der Waals surface area contributed by atoms with E-state index in [9.17, 15) is 0 Å². The molecule has 2 heterocycles. The van der Waals surface area contributed by atoms with E-state index in [1.807, 2.05) is 18.2 Å². The molecule has 0 saturated carbocycles. The van der Waals surface area contributed by atoms with E-state index in [0.29, 0.717) is 6.04 Å². The molecule has 0 amide bonds. The van der Waals surface area contributed by atoms with Crippen molar-refractivity contribution in [3.63, 3.8) is 0 Å². The van der Waals surface area contributed by atoms with Gasteiger partial charge in [0.2, 0.25) is 0 Å². The normalized spacial score (nSPS) is 22.2. The lowest BCUT2D eigenvalue weighted by Crippen LogP contribution is -2.28. The van der Waals surface area contributed by atoms with Crippen LogP contribution in [0.4, 0.5) is 0 Å². The van der Waals surface area contributed by atoms with E-state index in [2.05, 4.69) is 21.3 Å². The SMILES string of the molecule is Cl.Clc1ccccc1C1CN=C2NCCN21. The standard InChI is InChI=1S/C11H12ClN3.ClH/c12-9-4-2-1-3-8(9)10-7-14-11-13-5-6-15(10)11;/h1-4,10H,5-7H2,(H,13,14);1H. The molecule has 1 saturated heterocycles. The van der Waals surface area contributed by atoms with Crippen molar-refractivity contribution in [2.45, 2.75) is 6.04 Å². The Hall–Kier alpha value is -0.930. The molecule has 0 radical (unpaired) electrons. The second-order valence-corrected chi connectivity index (χ2v) is 4.23. The van der Waals surface area contributed by atoms with Gasteiger partial charge in [-0.3, -0.25) is 4.99 Å². The van der Waals surface area contributed by atoms with Gasteiger partial charge in [0.1, 0.15) is 0 Å². The third kappa shape index (κ3) is 1.74. The smallest absolute Gasteiger partial charge is 0.194 e. The zero-order valence-electron chi connectivity index (χ0n) is 8.69. The first-order valence-electron chi connectivity index (χ1n) is 5.15. The molecule has 0 aliphatic carbocycles. The minimum absolute atomic E-state index is 0. The zero-order chi connectivity index (χ0) is 10.3. The molecule has 1 aromatic rings. The summed E-state index contributed by atoms with van der Waals surface area (Å²) in [5.41, 5.74) is 1.18. The van der Waals surface area contributed by atoms with E-state index in [1.54, 1.807) is 0 Å². The summed E-state index contributed by atoms with van der Waals surface area (Å²) < 4.78 is 0. The van der Waals surface area contributed by atoms with E-state index >= 15 is 0 Å². The number of rotatable bonds is 1. The zero-order valence-corrected chi connectivity index (χ0v) is 10.3. The van der Waals surface area contributed by atoms with E-state index < -0.39 is 0 Å². The van der Waals surface area contributed by atoms with Crippen molar-refractivity contribution in [2.24, 2.45) is 4.99 Å². The predicted octanol–water partition coefficient (Wildman–Crippen LogP) is 2.08. The number of aliphatic imine (C=N–C) groups is 1. The molecule has 0 spiro atoms. The van der Waals surface area contributed by atoms with Gasteiger partial charge in [0, 0.05) is 18.1 Å². The molecule has 1 fully saturated rings. The minimum Gasteiger partial charge on any atom is -0.354 e. The number of guanidine groups is 1. The van der Waals surface area contributed by atoms with Crippen LogP contribution in [0.2, 0.25) is 5.02 Å². The highest BCUT2D eigenvalue weighted by Gasteiger charge is 2.32. The first kappa shape index (κ1) is 11.6. The molecule has 2 aliphatic heterocycles. The molecule has 1 aromatic carbocycles. The lowest BCUT2D eigenvalue weighted by atomic mass is 10.1. The molecule has 0 aromatic heterocycles. The fraction of sp³-hybridized carbons (Fsp3) is 0.364. The minimum atomic E-state index is 0. The van der Waals surface area contributed by atoms with Crippen molar-refractivity contribution in [3.05, 3.63) is 34.9 Å². The fourth-order valence-electron chi connectivity index (χ4n) is 2.23. The van der Waals surface area contributed by atoms with Gasteiger partial charge in [-0.05, 0) is 11.6 Å². The number of nitrogens with one attached hydrogen (secondary N) is 1. The Morgan fingerprint density at radius 1 is 1.38 bits per heavy atom. The summed E-state index contributed by atoms with van der Waals surface area (Å²) in [6.45, 7) is 2.82. The summed E-state index contributed by atoms with van der Waals surface area (Å²) in [5, 5.41) is 4.11. The summed E-state index contributed by atoms with van der Waals surface area (Å²) in [5.74, 6) is 1.03. The van der Waals surface area contributed by atoms with E-state index in [1.165, 1.54) is 5.56 Å². The van der Waals surface area contributed by atoms with Gasteiger partial charge in [0.25, 0.3) is 0 Å². The number of hydrogen-bond donors (Lipinski definition) is 1. The van der Waals surface area contributed by atoms with Crippen LogP contribution in [-0.4, -0.2) is 30.5 Å². The van der Waals surface area contributed by atoms with Gasteiger partial charge in [0.15, 0.2) is 5.96 Å². The molecule has 2 aliphatic rings. The number of benzene rings is 1. The third-order valence-electron chi connectivity index (χ3n) is 2.96. The monoisotopic (exact) mass is 257 g/mol. The second kappa shape index (κ2) is 4.52. The third-order valence-corrected chi connectivity index (χ3v) is 3.31. The Kier molecular flexibility index (Phi) is 3.26. The molecule has 16 heavy (non-hydrogen) atoms. The van der Waals surface area contributed by atoms with Gasteiger partial charge < -0.3 is 10.2 Å². The molecule has 3 rings (SSSR count). The van der Waals surface area contributed by atoms with E-state index in [0.717, 1.165) is 30.6 Å². The molecular formula is C11H13Cl2N3. The average Bonchev–Trinajstić information content (AvgIpc) is 2.80. The van der Waals surface area contributed by atoms with Crippen molar-refractivity contribution in [3.8, 4) is 0 Å². The highest BCUT2D eigenvalue weighted by molar-refractivity contribution is 6.31. The molecule has 1 unspecified atom stereocenters. The van der Waals surface area contributed by atoms with Crippen molar-refractivity contribution in [2.75, 3.05) is 19.6 Å². The average molecular weight is 258 g/mol. The maximum Gasteiger partial charge on any atom is 0.194 e. The maximum absolute atomic E-state index is 6.20. The van der Waals surface area contributed by atoms with Crippen molar-refractivity contribution in [1.29, 1.82) is 0 Å². The van der Waals surface area contributed by atoms with Crippen LogP contribution in [0.5, 0.6) is 0 Å². The van der Waals surface area contributed by atoms with Gasteiger partial charge in [0.05, 0.1) is 12.6 Å². The van der Waals surface area contributed by atoms with Crippen LogP contribution in [0, 0.1) is 0 Å². The summed E-state index contributed by atoms with van der Waals surface area (Å²) in [7, 11) is 0. The van der Waals surface area contributed by atoms with Crippen LogP contribution >= 0.6 is 24.0 Å². The molecule has 1 atom stereocenters. The Balaban J connectivity index is 0.000000963. The van der Waals surface area contributed by atoms with Crippen LogP contribution in [0.15, 0.2) is 29.3 Å². The summed E-state index contributed by atoms with van der Waals surface area (Å²) in [6, 6.07) is 8.35. The summed E-state index contributed by atoms with van der Waals surface area (Å²) in [4.78, 5) is 6.76. The Bertz CT molecular complexity index is 419. The maximum atomic E-state index is 6.20. The second-order valence-electron chi connectivity index (χ2n) is 3.82. The lowest BCUT2D eigenvalue weighted by Gasteiger charge is -2.22. The molecule has 1 N–H and O–H groups in total. The first-order valence-corrected chi connectivity index (χ1v) is 5.53. The van der Waals surface area contributed by atoms with Crippen LogP contribution in [0.3, 0.4) is 0 Å². The summed E-state index contributed by atoms with van der Waals surface area (Å²) >= 11 is 6.20. The Morgan fingerprint density at radius 2 is 2.19 bits per heavy atom. The molecule has 5 heteroatoms. The van der Waals surface area contributed by atoms with E-state index in [-0.39, 0.29) is 12.4 Å². The van der Waals surface area contributed by atoms with Gasteiger partial charge in [-0.25, -0.2) is 0 Å². The largest absolute Gasteiger partial charge is 0.354 e. The predicted molar refractivity (Wildman–Crippen MR) is 68.5 cm³/mol. The van der Waals surface area contributed by atoms with Crippen LogP contribution < -0.4 is 5.32 Å². The van der Waals surface area contributed by atoms with Crippen molar-refractivity contribution < 1.29 is 0 Å². The van der Waals surface area contributed by atoms with Gasteiger partial charge in [-0.2, -0.15) is 0 Å². The molecule has 86 valence electrons. The van der Waals surface area contributed by atoms with Gasteiger partial charge in [-0.1, -0.05) is 29.8 Å². The number of nitrogens with zero attached hydrogens (tertiary/aromatic N) is 2. The van der Waals surface area contributed by atoms with E-state index in [4.69, 9.17) is 11.6 Å². The Labute approximate surface area is 106 Å². The summed E-state index contributed by atoms with van der Waals surface area (Å²) in [6.07, 6.45) is 0.